The number of ether oxygens (including phenoxy) is 1. The van der Waals surface area contributed by atoms with Gasteiger partial charge in [-0.3, -0.25) is 0 Å². The molecule has 9 nitrogen and oxygen atoms in total. The summed E-state index contributed by atoms with van der Waals surface area (Å²) in [6, 6.07) is 15.4. The third-order valence-electron chi connectivity index (χ3n) is 4.78. The lowest BCUT2D eigenvalue weighted by Crippen LogP contribution is -2.41. The highest BCUT2D eigenvalue weighted by atomic mass is 32.2. The van der Waals surface area contributed by atoms with Gasteiger partial charge in [0.05, 0.1) is 17.1 Å². The van der Waals surface area contributed by atoms with Crippen molar-refractivity contribution >= 4 is 16.1 Å². The summed E-state index contributed by atoms with van der Waals surface area (Å²) in [7, 11) is -4.34. The first kappa shape index (κ1) is 24.0. The van der Waals surface area contributed by atoms with Gasteiger partial charge in [-0.1, -0.05) is 49.2 Å². The number of carbonyl (C=O) groups excluding carboxylic acids is 1. The van der Waals surface area contributed by atoms with Crippen LogP contribution in [0.2, 0.25) is 0 Å². The maximum atomic E-state index is 13.2. The van der Waals surface area contributed by atoms with E-state index in [9.17, 15) is 18.3 Å². The summed E-state index contributed by atoms with van der Waals surface area (Å²) in [6.45, 7) is 1.65. The Kier molecular flexibility index (Phi) is 8.46. The van der Waals surface area contributed by atoms with Crippen LogP contribution in [0.25, 0.3) is 0 Å². The van der Waals surface area contributed by atoms with E-state index in [0.29, 0.717) is 18.6 Å². The van der Waals surface area contributed by atoms with E-state index in [2.05, 4.69) is 5.32 Å². The fraction of sp³-hybridized carbons (Fsp3) is 0.409. The summed E-state index contributed by atoms with van der Waals surface area (Å²) in [5.41, 5.74) is 0.935. The van der Waals surface area contributed by atoms with E-state index < -0.39 is 22.2 Å². The summed E-state index contributed by atoms with van der Waals surface area (Å²) >= 11 is 0. The van der Waals surface area contributed by atoms with Gasteiger partial charge in [0.25, 0.3) is 10.0 Å². The summed E-state index contributed by atoms with van der Waals surface area (Å²) < 4.78 is 32.4. The largest absolute Gasteiger partial charge is 0.489 e. The van der Waals surface area contributed by atoms with Gasteiger partial charge < -0.3 is 20.0 Å². The van der Waals surface area contributed by atoms with Crippen molar-refractivity contribution < 1.29 is 32.7 Å². The fourth-order valence-electron chi connectivity index (χ4n) is 3.13. The number of aliphatic hydroxyl groups is 1. The number of hydrogen-bond donors (Lipinski definition) is 2. The first-order valence-electron chi connectivity index (χ1n) is 10.5. The molecule has 0 heterocycles. The second-order valence-corrected chi connectivity index (χ2v) is 9.29. The number of sulfonamides is 1. The van der Waals surface area contributed by atoms with Gasteiger partial charge in [0.15, 0.2) is 0 Å². The SMILES string of the molecule is CC(O)CNC(=O)ON(OC1CCCC1)S(=O)(=O)c1cccc(OCc2ccccc2)c1. The van der Waals surface area contributed by atoms with E-state index in [0.717, 1.165) is 18.4 Å². The number of benzene rings is 2. The predicted molar refractivity (Wildman–Crippen MR) is 116 cm³/mol. The lowest BCUT2D eigenvalue weighted by Gasteiger charge is -2.23. The smallest absolute Gasteiger partial charge is 0.429 e. The number of nitrogens with one attached hydrogen (secondary N) is 1. The molecule has 1 atom stereocenters. The molecule has 32 heavy (non-hydrogen) atoms. The monoisotopic (exact) mass is 464 g/mol. The van der Waals surface area contributed by atoms with Crippen LogP contribution in [0, 0.1) is 0 Å². The van der Waals surface area contributed by atoms with Gasteiger partial charge in [0.1, 0.15) is 17.0 Å². The van der Waals surface area contributed by atoms with Gasteiger partial charge >= 0.3 is 6.09 Å². The molecule has 1 aliphatic carbocycles. The minimum Gasteiger partial charge on any atom is -0.489 e. The molecular formula is C22H28N2O7S. The molecule has 3 rings (SSSR count). The topological polar surface area (TPSA) is 114 Å². The van der Waals surface area contributed by atoms with E-state index in [1.807, 2.05) is 30.3 Å². The molecule has 2 aromatic carbocycles. The van der Waals surface area contributed by atoms with Crippen molar-refractivity contribution in [3.05, 3.63) is 60.2 Å². The van der Waals surface area contributed by atoms with Crippen molar-refractivity contribution in [1.29, 1.82) is 0 Å². The Morgan fingerprint density at radius 3 is 2.56 bits per heavy atom. The van der Waals surface area contributed by atoms with Gasteiger partial charge in [0, 0.05) is 12.6 Å². The van der Waals surface area contributed by atoms with Gasteiger partial charge in [0.2, 0.25) is 0 Å². The Balaban J connectivity index is 1.75. The molecule has 1 fully saturated rings. The van der Waals surface area contributed by atoms with Crippen LogP contribution in [0.4, 0.5) is 4.79 Å². The number of aliphatic hydroxyl groups excluding tert-OH is 1. The van der Waals surface area contributed by atoms with Gasteiger partial charge in [-0.15, -0.1) is 0 Å². The van der Waals surface area contributed by atoms with Crippen molar-refractivity contribution in [3.63, 3.8) is 0 Å². The standard InChI is InChI=1S/C22H28N2O7S/c1-17(25)15-23-22(26)31-24(30-19-10-5-6-11-19)32(27,28)21-13-7-12-20(14-21)29-16-18-8-3-2-4-9-18/h2-4,7-9,12-14,17,19,25H,5-6,10-11,15-16H2,1H3,(H,23,26). The lowest BCUT2D eigenvalue weighted by molar-refractivity contribution is -0.287. The normalized spacial score (nSPS) is 15.5. The van der Waals surface area contributed by atoms with Crippen LogP contribution in [0.5, 0.6) is 5.75 Å². The van der Waals surface area contributed by atoms with Crippen LogP contribution in [0.1, 0.15) is 38.2 Å². The molecule has 2 N–H and O–H groups in total. The highest BCUT2D eigenvalue weighted by molar-refractivity contribution is 7.88. The molecule has 0 bridgehead atoms. The van der Waals surface area contributed by atoms with E-state index in [1.54, 1.807) is 6.07 Å². The van der Waals surface area contributed by atoms with Crippen molar-refractivity contribution in [2.24, 2.45) is 0 Å². The van der Waals surface area contributed by atoms with E-state index in [4.69, 9.17) is 14.4 Å². The Labute approximate surface area is 187 Å². The van der Waals surface area contributed by atoms with Crippen LogP contribution >= 0.6 is 0 Å². The molecule has 0 saturated heterocycles. The predicted octanol–water partition coefficient (Wildman–Crippen LogP) is 3.15. The number of carbonyl (C=O) groups is 1. The molecule has 174 valence electrons. The van der Waals surface area contributed by atoms with Gasteiger partial charge in [-0.05, 0) is 37.5 Å². The summed E-state index contributed by atoms with van der Waals surface area (Å²) in [5, 5.41) is 11.6. The van der Waals surface area contributed by atoms with Crippen LogP contribution < -0.4 is 10.1 Å². The minimum atomic E-state index is -4.34. The second-order valence-electron chi connectivity index (χ2n) is 7.57. The quantitative estimate of drug-likeness (QED) is 0.519. The van der Waals surface area contributed by atoms with Crippen molar-refractivity contribution in [2.45, 2.75) is 56.3 Å². The lowest BCUT2D eigenvalue weighted by atomic mass is 10.2. The summed E-state index contributed by atoms with van der Waals surface area (Å²) in [5.74, 6) is 0.342. The first-order chi connectivity index (χ1) is 15.3. The molecule has 0 aliphatic heterocycles. The molecule has 1 amide bonds. The fourth-order valence-corrected chi connectivity index (χ4v) is 4.21. The molecule has 2 aromatic rings. The van der Waals surface area contributed by atoms with Crippen molar-refractivity contribution in [1.82, 2.24) is 9.95 Å². The summed E-state index contributed by atoms with van der Waals surface area (Å²) in [4.78, 5) is 22.4. The van der Waals surface area contributed by atoms with E-state index in [-0.39, 0.29) is 28.8 Å². The van der Waals surface area contributed by atoms with Crippen molar-refractivity contribution in [2.75, 3.05) is 6.54 Å². The molecule has 10 heteroatoms. The van der Waals surface area contributed by atoms with Gasteiger partial charge in [-0.2, -0.15) is 0 Å². The zero-order chi connectivity index (χ0) is 23.0. The van der Waals surface area contributed by atoms with E-state index in [1.165, 1.54) is 25.1 Å². The number of rotatable bonds is 10. The molecule has 0 aromatic heterocycles. The van der Waals surface area contributed by atoms with Crippen LogP contribution in [-0.4, -0.2) is 43.0 Å². The molecule has 0 radical (unpaired) electrons. The average molecular weight is 465 g/mol. The summed E-state index contributed by atoms with van der Waals surface area (Å²) in [6.07, 6.45) is 0.860. The molecular weight excluding hydrogens is 436 g/mol. The third-order valence-corrected chi connectivity index (χ3v) is 6.19. The maximum Gasteiger partial charge on any atom is 0.429 e. The zero-order valence-corrected chi connectivity index (χ0v) is 18.7. The number of nitrogens with zero attached hydrogens (tertiary/aromatic N) is 1. The van der Waals surface area contributed by atoms with Crippen LogP contribution in [0.3, 0.4) is 0 Å². The highest BCUT2D eigenvalue weighted by Crippen LogP contribution is 2.27. The highest BCUT2D eigenvalue weighted by Gasteiger charge is 2.34. The Hall–Kier alpha value is -2.66. The molecule has 1 unspecified atom stereocenters. The zero-order valence-electron chi connectivity index (χ0n) is 17.8. The van der Waals surface area contributed by atoms with Gasteiger partial charge in [-0.25, -0.2) is 18.0 Å². The molecule has 0 spiro atoms. The third kappa shape index (κ3) is 6.92. The van der Waals surface area contributed by atoms with Crippen LogP contribution in [0.15, 0.2) is 59.5 Å². The molecule has 1 aliphatic rings. The molecule has 1 saturated carbocycles. The Bertz CT molecular complexity index is 977. The maximum absolute atomic E-state index is 13.2. The Morgan fingerprint density at radius 2 is 1.88 bits per heavy atom. The Morgan fingerprint density at radius 1 is 1.16 bits per heavy atom. The minimum absolute atomic E-state index is 0.0983. The van der Waals surface area contributed by atoms with E-state index >= 15 is 0 Å². The first-order valence-corrected chi connectivity index (χ1v) is 11.9. The second kappa shape index (κ2) is 11.3. The number of amides is 1. The average Bonchev–Trinajstić information content (AvgIpc) is 3.30. The van der Waals surface area contributed by atoms with Crippen molar-refractivity contribution in [3.8, 4) is 5.75 Å². The number of hydrogen-bond acceptors (Lipinski definition) is 7. The van der Waals surface area contributed by atoms with Crippen LogP contribution in [-0.2, 0) is 26.3 Å².